The number of aryl methyl sites for hydroxylation is 1. The van der Waals surface area contributed by atoms with Crippen molar-refractivity contribution >= 4 is 11.3 Å². The number of hydrogen-bond donors (Lipinski definition) is 2. The summed E-state index contributed by atoms with van der Waals surface area (Å²) in [5.74, 6) is 0. The van der Waals surface area contributed by atoms with Gasteiger partial charge in [0.15, 0.2) is 0 Å². The summed E-state index contributed by atoms with van der Waals surface area (Å²) < 4.78 is 0. The lowest BCUT2D eigenvalue weighted by molar-refractivity contribution is 0.0215. The number of thiazole rings is 1. The van der Waals surface area contributed by atoms with Crippen molar-refractivity contribution in [3.63, 3.8) is 0 Å². The smallest absolute Gasteiger partial charge is 0.0897 e. The molecule has 0 aliphatic heterocycles. The van der Waals surface area contributed by atoms with E-state index in [9.17, 15) is 5.11 Å². The van der Waals surface area contributed by atoms with E-state index in [4.69, 9.17) is 0 Å². The van der Waals surface area contributed by atoms with Crippen molar-refractivity contribution in [1.82, 2.24) is 10.3 Å². The fourth-order valence-electron chi connectivity index (χ4n) is 2.14. The van der Waals surface area contributed by atoms with Crippen molar-refractivity contribution in [1.29, 1.82) is 0 Å². The highest BCUT2D eigenvalue weighted by Gasteiger charge is 2.23. The third-order valence-electron chi connectivity index (χ3n) is 2.85. The molecule has 0 spiro atoms. The molecule has 0 aliphatic carbocycles. The van der Waals surface area contributed by atoms with Gasteiger partial charge in [0, 0.05) is 24.2 Å². The Morgan fingerprint density at radius 1 is 1.35 bits per heavy atom. The molecule has 0 atom stereocenters. The lowest BCUT2D eigenvalue weighted by Gasteiger charge is -2.27. The van der Waals surface area contributed by atoms with Crippen molar-refractivity contribution in [2.75, 3.05) is 6.54 Å². The molecule has 98 valence electrons. The fraction of sp³-hybridized carbons (Fsp3) is 0.769. The van der Waals surface area contributed by atoms with Crippen LogP contribution in [0.5, 0.6) is 0 Å². The first-order valence-electron chi connectivity index (χ1n) is 6.44. The number of nitrogens with one attached hydrogen (secondary N) is 1. The molecule has 0 saturated heterocycles. The molecule has 1 aromatic rings. The fourth-order valence-corrected chi connectivity index (χ4v) is 2.90. The van der Waals surface area contributed by atoms with E-state index in [1.807, 2.05) is 13.1 Å². The Balaban J connectivity index is 2.36. The van der Waals surface area contributed by atoms with Crippen LogP contribution in [0.4, 0.5) is 0 Å². The zero-order chi connectivity index (χ0) is 12.7. The highest BCUT2D eigenvalue weighted by molar-refractivity contribution is 7.11. The minimum atomic E-state index is -0.538. The monoisotopic (exact) mass is 256 g/mol. The maximum Gasteiger partial charge on any atom is 0.0897 e. The van der Waals surface area contributed by atoms with Gasteiger partial charge < -0.3 is 10.4 Å². The molecule has 1 rings (SSSR count). The number of rotatable bonds is 8. The Morgan fingerprint density at radius 3 is 2.47 bits per heavy atom. The van der Waals surface area contributed by atoms with Gasteiger partial charge in [-0.25, -0.2) is 4.98 Å². The van der Waals surface area contributed by atoms with E-state index in [-0.39, 0.29) is 0 Å². The van der Waals surface area contributed by atoms with Crippen LogP contribution in [0.25, 0.3) is 0 Å². The van der Waals surface area contributed by atoms with Crippen LogP contribution in [0.2, 0.25) is 0 Å². The SMILES string of the molecule is CCCC(O)(CCC)CNCc1cnc(C)s1. The predicted octanol–water partition coefficient (Wildman–Crippen LogP) is 2.87. The molecule has 0 amide bonds. The highest BCUT2D eigenvalue weighted by Crippen LogP contribution is 2.19. The summed E-state index contributed by atoms with van der Waals surface area (Å²) in [6.07, 6.45) is 5.70. The maximum atomic E-state index is 10.4. The van der Waals surface area contributed by atoms with E-state index in [1.54, 1.807) is 11.3 Å². The summed E-state index contributed by atoms with van der Waals surface area (Å²) in [5.41, 5.74) is -0.538. The third-order valence-corrected chi connectivity index (χ3v) is 3.77. The number of aliphatic hydroxyl groups is 1. The Hall–Kier alpha value is -0.450. The second-order valence-electron chi connectivity index (χ2n) is 4.67. The van der Waals surface area contributed by atoms with E-state index in [2.05, 4.69) is 24.1 Å². The molecule has 0 aromatic carbocycles. The summed E-state index contributed by atoms with van der Waals surface area (Å²) >= 11 is 1.71. The first kappa shape index (κ1) is 14.6. The predicted molar refractivity (Wildman–Crippen MR) is 73.3 cm³/mol. The molecule has 0 saturated carbocycles. The zero-order valence-corrected chi connectivity index (χ0v) is 11.9. The van der Waals surface area contributed by atoms with Crippen LogP contribution in [0, 0.1) is 6.92 Å². The van der Waals surface area contributed by atoms with E-state index >= 15 is 0 Å². The molecule has 17 heavy (non-hydrogen) atoms. The second kappa shape index (κ2) is 7.09. The Morgan fingerprint density at radius 2 is 2.00 bits per heavy atom. The van der Waals surface area contributed by atoms with Gasteiger partial charge in [-0.05, 0) is 19.8 Å². The van der Waals surface area contributed by atoms with Gasteiger partial charge in [-0.3, -0.25) is 0 Å². The van der Waals surface area contributed by atoms with Gasteiger partial charge in [0.1, 0.15) is 0 Å². The third kappa shape index (κ3) is 5.15. The van der Waals surface area contributed by atoms with Crippen LogP contribution in [0.3, 0.4) is 0 Å². The average Bonchev–Trinajstić information content (AvgIpc) is 2.65. The highest BCUT2D eigenvalue weighted by atomic mass is 32.1. The minimum absolute atomic E-state index is 0.538. The number of hydrogen-bond acceptors (Lipinski definition) is 4. The average molecular weight is 256 g/mol. The normalized spacial score (nSPS) is 12.0. The van der Waals surface area contributed by atoms with Gasteiger partial charge >= 0.3 is 0 Å². The maximum absolute atomic E-state index is 10.4. The summed E-state index contributed by atoms with van der Waals surface area (Å²) in [4.78, 5) is 5.45. The number of nitrogens with zero attached hydrogens (tertiary/aromatic N) is 1. The molecule has 3 nitrogen and oxygen atoms in total. The second-order valence-corrected chi connectivity index (χ2v) is 5.99. The summed E-state index contributed by atoms with van der Waals surface area (Å²) in [5, 5.41) is 14.9. The Bertz CT molecular complexity index is 319. The topological polar surface area (TPSA) is 45.1 Å². The molecule has 2 N–H and O–H groups in total. The summed E-state index contributed by atoms with van der Waals surface area (Å²) in [6, 6.07) is 0. The van der Waals surface area contributed by atoms with Gasteiger partial charge in [0.25, 0.3) is 0 Å². The Labute approximate surface area is 108 Å². The Kier molecular flexibility index (Phi) is 6.09. The first-order chi connectivity index (χ1) is 8.09. The van der Waals surface area contributed by atoms with Crippen LogP contribution >= 0.6 is 11.3 Å². The van der Waals surface area contributed by atoms with Gasteiger partial charge in [-0.15, -0.1) is 11.3 Å². The van der Waals surface area contributed by atoms with Gasteiger partial charge in [0.05, 0.1) is 10.6 Å². The van der Waals surface area contributed by atoms with Gasteiger partial charge in [-0.2, -0.15) is 0 Å². The molecule has 1 aromatic heterocycles. The molecule has 0 bridgehead atoms. The molecule has 4 heteroatoms. The van der Waals surface area contributed by atoms with Crippen molar-refractivity contribution in [3.05, 3.63) is 16.1 Å². The van der Waals surface area contributed by atoms with E-state index in [0.29, 0.717) is 6.54 Å². The van der Waals surface area contributed by atoms with Gasteiger partial charge in [-0.1, -0.05) is 26.7 Å². The first-order valence-corrected chi connectivity index (χ1v) is 7.25. The minimum Gasteiger partial charge on any atom is -0.389 e. The lowest BCUT2D eigenvalue weighted by Crippen LogP contribution is -2.40. The van der Waals surface area contributed by atoms with Crippen LogP contribution < -0.4 is 5.32 Å². The van der Waals surface area contributed by atoms with Crippen molar-refractivity contribution < 1.29 is 5.11 Å². The zero-order valence-electron chi connectivity index (χ0n) is 11.1. The van der Waals surface area contributed by atoms with Crippen LogP contribution in [-0.4, -0.2) is 22.2 Å². The molecular formula is C13H24N2OS. The van der Waals surface area contributed by atoms with E-state index in [1.165, 1.54) is 4.88 Å². The van der Waals surface area contributed by atoms with Crippen LogP contribution in [-0.2, 0) is 6.54 Å². The number of aromatic nitrogens is 1. The molecule has 0 unspecified atom stereocenters. The molecular weight excluding hydrogens is 232 g/mol. The summed E-state index contributed by atoms with van der Waals surface area (Å²) in [6.45, 7) is 7.73. The van der Waals surface area contributed by atoms with E-state index in [0.717, 1.165) is 37.2 Å². The molecule has 0 radical (unpaired) electrons. The lowest BCUT2D eigenvalue weighted by atomic mass is 9.93. The van der Waals surface area contributed by atoms with Crippen LogP contribution in [0.15, 0.2) is 6.20 Å². The van der Waals surface area contributed by atoms with Gasteiger partial charge in [0.2, 0.25) is 0 Å². The van der Waals surface area contributed by atoms with Crippen molar-refractivity contribution in [2.24, 2.45) is 0 Å². The quantitative estimate of drug-likeness (QED) is 0.752. The molecule has 0 aliphatic rings. The van der Waals surface area contributed by atoms with Crippen LogP contribution in [0.1, 0.15) is 49.4 Å². The standard InChI is InChI=1S/C13H24N2OS/c1-4-6-13(16,7-5-2)10-14-8-12-9-15-11(3)17-12/h9,14,16H,4-8,10H2,1-3H3. The van der Waals surface area contributed by atoms with Crippen molar-refractivity contribution in [2.45, 2.75) is 58.6 Å². The largest absolute Gasteiger partial charge is 0.389 e. The molecule has 1 heterocycles. The van der Waals surface area contributed by atoms with Crippen molar-refractivity contribution in [3.8, 4) is 0 Å². The molecule has 0 fully saturated rings. The van der Waals surface area contributed by atoms with E-state index < -0.39 is 5.60 Å². The summed E-state index contributed by atoms with van der Waals surface area (Å²) in [7, 11) is 0.